The summed E-state index contributed by atoms with van der Waals surface area (Å²) in [6.45, 7) is 4.41. The molecule has 10 heteroatoms. The summed E-state index contributed by atoms with van der Waals surface area (Å²) in [5.41, 5.74) is 2.28. The number of anilines is 1. The van der Waals surface area contributed by atoms with E-state index in [9.17, 15) is 12.8 Å². The van der Waals surface area contributed by atoms with Crippen molar-refractivity contribution >= 4 is 37.4 Å². The lowest BCUT2D eigenvalue weighted by atomic mass is 10.1. The number of nitrogens with zero attached hydrogens (tertiary/aromatic N) is 3. The molecule has 4 rings (SSSR count). The summed E-state index contributed by atoms with van der Waals surface area (Å²) >= 11 is 3.43. The predicted molar refractivity (Wildman–Crippen MR) is 127 cm³/mol. The van der Waals surface area contributed by atoms with Crippen LogP contribution >= 0.6 is 15.9 Å². The highest BCUT2D eigenvalue weighted by Gasteiger charge is 2.14. The first-order chi connectivity index (χ1) is 15.4. The Bertz CT molecular complexity index is 1320. The van der Waals surface area contributed by atoms with E-state index in [0.717, 1.165) is 5.56 Å². The van der Waals surface area contributed by atoms with Crippen LogP contribution in [-0.4, -0.2) is 30.1 Å². The molecule has 2 N–H and O–H groups in total. The summed E-state index contributed by atoms with van der Waals surface area (Å²) in [6, 6.07) is 14.7. The Hall–Kier alpha value is -2.82. The zero-order chi connectivity index (χ0) is 23.3. The van der Waals surface area contributed by atoms with Crippen LogP contribution in [0.15, 0.2) is 70.2 Å². The van der Waals surface area contributed by atoms with Crippen LogP contribution in [0.4, 0.5) is 10.2 Å². The molecule has 32 heavy (non-hydrogen) atoms. The van der Waals surface area contributed by atoms with Gasteiger partial charge in [0.1, 0.15) is 11.6 Å². The van der Waals surface area contributed by atoms with Gasteiger partial charge in [-0.2, -0.15) is 9.61 Å². The zero-order valence-corrected chi connectivity index (χ0v) is 20.2. The van der Waals surface area contributed by atoms with Gasteiger partial charge in [-0.3, -0.25) is 0 Å². The largest absolute Gasteiger partial charge is 0.366 e. The van der Waals surface area contributed by atoms with Gasteiger partial charge in [0.25, 0.3) is 0 Å². The van der Waals surface area contributed by atoms with Gasteiger partial charge in [-0.15, -0.1) is 0 Å². The molecule has 0 fully saturated rings. The summed E-state index contributed by atoms with van der Waals surface area (Å²) in [7, 11) is -2.11. The zero-order valence-electron chi connectivity index (χ0n) is 17.8. The van der Waals surface area contributed by atoms with Crippen molar-refractivity contribution < 1.29 is 12.8 Å². The van der Waals surface area contributed by atoms with Gasteiger partial charge in [-0.05, 0) is 52.8 Å². The number of hydrogen-bond donors (Lipinski definition) is 2. The van der Waals surface area contributed by atoms with Crippen molar-refractivity contribution in [1.82, 2.24) is 19.3 Å². The molecular weight excluding hydrogens is 497 g/mol. The van der Waals surface area contributed by atoms with Gasteiger partial charge in [0.2, 0.25) is 10.0 Å². The van der Waals surface area contributed by atoms with Crippen molar-refractivity contribution in [1.29, 1.82) is 0 Å². The summed E-state index contributed by atoms with van der Waals surface area (Å²) in [4.78, 5) is 4.72. The van der Waals surface area contributed by atoms with Crippen LogP contribution in [0.2, 0.25) is 0 Å². The smallest absolute Gasteiger partial charge is 0.240 e. The lowest BCUT2D eigenvalue weighted by molar-refractivity contribution is 0.588. The molecule has 7 nitrogen and oxygen atoms in total. The van der Waals surface area contributed by atoms with E-state index in [1.807, 2.05) is 13.8 Å². The molecule has 2 heterocycles. The number of halogens is 2. The second-order valence-electron chi connectivity index (χ2n) is 6.44. The second kappa shape index (κ2) is 10.2. The normalized spacial score (nSPS) is 11.2. The van der Waals surface area contributed by atoms with Crippen molar-refractivity contribution in [3.8, 4) is 11.3 Å². The summed E-state index contributed by atoms with van der Waals surface area (Å²) in [6.07, 6.45) is 1.62. The topological polar surface area (TPSA) is 88.4 Å². The number of rotatable bonds is 6. The molecule has 0 unspecified atom stereocenters. The third kappa shape index (κ3) is 4.98. The molecule has 0 aliphatic heterocycles. The maximum atomic E-state index is 14.3. The van der Waals surface area contributed by atoms with Gasteiger partial charge >= 0.3 is 0 Å². The number of sulfonamides is 1. The highest BCUT2D eigenvalue weighted by Crippen LogP contribution is 2.27. The van der Waals surface area contributed by atoms with Gasteiger partial charge in [0, 0.05) is 18.2 Å². The Morgan fingerprint density at radius 3 is 2.44 bits per heavy atom. The fourth-order valence-electron chi connectivity index (χ4n) is 2.97. The quantitative estimate of drug-likeness (QED) is 0.380. The Labute approximate surface area is 194 Å². The van der Waals surface area contributed by atoms with Crippen LogP contribution in [0.1, 0.15) is 19.4 Å². The van der Waals surface area contributed by atoms with E-state index >= 15 is 0 Å². The van der Waals surface area contributed by atoms with Crippen LogP contribution in [0.5, 0.6) is 0 Å². The van der Waals surface area contributed by atoms with E-state index in [0.29, 0.717) is 33.7 Å². The van der Waals surface area contributed by atoms with E-state index in [2.05, 4.69) is 36.1 Å². The van der Waals surface area contributed by atoms with E-state index in [-0.39, 0.29) is 10.7 Å². The standard InChI is InChI=1S/C20H17BrFN5O2S.C2H6/c1-23-30(28,29)14-8-6-13(7-9-14)11-24-19-10-18(15-4-2-3-5-17(15)22)26-20-16(21)12-25-27(19)20;1-2/h2-10,12,23-24H,11H2,1H3;1-2H3. The summed E-state index contributed by atoms with van der Waals surface area (Å²) < 4.78 is 42.6. The Balaban J connectivity index is 0.00000141. The average Bonchev–Trinajstić information content (AvgIpc) is 3.20. The van der Waals surface area contributed by atoms with Crippen LogP contribution in [0, 0.1) is 5.82 Å². The maximum absolute atomic E-state index is 14.3. The molecule has 4 aromatic rings. The first-order valence-electron chi connectivity index (χ1n) is 9.94. The number of fused-ring (bicyclic) bond motifs is 1. The fraction of sp³-hybridized carbons (Fsp3) is 0.182. The van der Waals surface area contributed by atoms with Crippen molar-refractivity contribution in [3.05, 3.63) is 76.6 Å². The van der Waals surface area contributed by atoms with E-state index in [4.69, 9.17) is 0 Å². The lowest BCUT2D eigenvalue weighted by Gasteiger charge is -2.12. The molecule has 0 saturated carbocycles. The van der Waals surface area contributed by atoms with Gasteiger partial charge < -0.3 is 5.32 Å². The first kappa shape index (κ1) is 23.8. The molecule has 0 spiro atoms. The van der Waals surface area contributed by atoms with Gasteiger partial charge in [-0.1, -0.05) is 38.1 Å². The maximum Gasteiger partial charge on any atom is 0.240 e. The lowest BCUT2D eigenvalue weighted by Crippen LogP contribution is -2.18. The SMILES string of the molecule is CC.CNS(=O)(=O)c1ccc(CNc2cc(-c3ccccc3F)nc3c(Br)cnn23)cc1. The van der Waals surface area contributed by atoms with E-state index in [1.54, 1.807) is 59.2 Å². The number of benzene rings is 2. The molecule has 0 radical (unpaired) electrons. The Kier molecular flexibility index (Phi) is 7.60. The van der Waals surface area contributed by atoms with Crippen LogP contribution in [-0.2, 0) is 16.6 Å². The molecule has 168 valence electrons. The van der Waals surface area contributed by atoms with Gasteiger partial charge in [-0.25, -0.2) is 22.5 Å². The molecular formula is C22H23BrFN5O2S. The average molecular weight is 520 g/mol. The molecule has 0 saturated heterocycles. The number of hydrogen-bond acceptors (Lipinski definition) is 5. The molecule has 0 aliphatic rings. The predicted octanol–water partition coefficient (Wildman–Crippen LogP) is 4.84. The van der Waals surface area contributed by atoms with E-state index in [1.165, 1.54) is 13.1 Å². The minimum atomic E-state index is -3.48. The highest BCUT2D eigenvalue weighted by atomic mass is 79.9. The molecule has 0 aliphatic carbocycles. The van der Waals surface area contributed by atoms with Gasteiger partial charge in [0.15, 0.2) is 5.65 Å². The second-order valence-corrected chi connectivity index (χ2v) is 9.18. The van der Waals surface area contributed by atoms with Crippen LogP contribution in [0.25, 0.3) is 16.9 Å². The third-order valence-corrected chi connectivity index (χ3v) is 6.54. The van der Waals surface area contributed by atoms with E-state index < -0.39 is 10.0 Å². The van der Waals surface area contributed by atoms with Crippen LogP contribution in [0.3, 0.4) is 0 Å². The molecule has 0 bridgehead atoms. The van der Waals surface area contributed by atoms with Crippen molar-refractivity contribution in [2.24, 2.45) is 0 Å². The highest BCUT2D eigenvalue weighted by molar-refractivity contribution is 9.10. The van der Waals surface area contributed by atoms with Gasteiger partial charge in [0.05, 0.1) is 21.3 Å². The molecule has 2 aromatic heterocycles. The molecule has 0 atom stereocenters. The summed E-state index contributed by atoms with van der Waals surface area (Å²) in [5.74, 6) is 0.258. The third-order valence-electron chi connectivity index (χ3n) is 4.55. The number of nitrogens with one attached hydrogen (secondary N) is 2. The van der Waals surface area contributed by atoms with Crippen molar-refractivity contribution in [2.75, 3.05) is 12.4 Å². The number of aromatic nitrogens is 3. The summed E-state index contributed by atoms with van der Waals surface area (Å²) in [5, 5.41) is 7.58. The van der Waals surface area contributed by atoms with Crippen LogP contribution < -0.4 is 10.0 Å². The Morgan fingerprint density at radius 2 is 1.78 bits per heavy atom. The first-order valence-corrected chi connectivity index (χ1v) is 12.2. The van der Waals surface area contributed by atoms with Crippen molar-refractivity contribution in [3.63, 3.8) is 0 Å². The monoisotopic (exact) mass is 519 g/mol. The minimum Gasteiger partial charge on any atom is -0.366 e. The fourth-order valence-corrected chi connectivity index (χ4v) is 4.04. The molecule has 2 aromatic carbocycles. The minimum absolute atomic E-state index is 0.192. The molecule has 0 amide bonds. The Morgan fingerprint density at radius 1 is 1.09 bits per heavy atom. The van der Waals surface area contributed by atoms with Crippen molar-refractivity contribution in [2.45, 2.75) is 25.3 Å².